The summed E-state index contributed by atoms with van der Waals surface area (Å²) in [5.41, 5.74) is 3.17. The third kappa shape index (κ3) is 3.96. The highest BCUT2D eigenvalue weighted by Gasteiger charge is 2.17. The van der Waals surface area contributed by atoms with Gasteiger partial charge in [-0.2, -0.15) is 5.26 Å². The molecule has 4 aromatic rings. The number of nitrogens with one attached hydrogen (secondary N) is 2. The van der Waals surface area contributed by atoms with Gasteiger partial charge in [-0.25, -0.2) is 4.98 Å². The zero-order valence-electron chi connectivity index (χ0n) is 17.6. The Morgan fingerprint density at radius 2 is 2.09 bits per heavy atom. The van der Waals surface area contributed by atoms with Crippen LogP contribution in [-0.4, -0.2) is 58.9 Å². The number of carbonyl (C=O) groups excluding carboxylic acids is 1. The average Bonchev–Trinajstić information content (AvgIpc) is 3.44. The first-order valence-electron chi connectivity index (χ1n) is 10.4. The number of aromatic amines is 1. The monoisotopic (exact) mass is 442 g/mol. The van der Waals surface area contributed by atoms with Gasteiger partial charge in [-0.15, -0.1) is 11.3 Å². The zero-order chi connectivity index (χ0) is 22.1. The van der Waals surface area contributed by atoms with E-state index in [0.29, 0.717) is 5.56 Å². The number of nitrogens with zero attached hydrogens (tertiary/aromatic N) is 4. The Hall–Kier alpha value is -3.67. The Morgan fingerprint density at radius 1 is 1.25 bits per heavy atom. The first kappa shape index (κ1) is 20.2. The SMILES string of the molecule is CN1CCN(C(=O)/C=C/c2cc3c(Nc4ccc5[nH]ccc5c4)c(C#N)cnc3s2)CC1. The van der Waals surface area contributed by atoms with Gasteiger partial charge in [0.1, 0.15) is 10.9 Å². The first-order chi connectivity index (χ1) is 15.6. The molecule has 0 radical (unpaired) electrons. The number of amides is 1. The molecular formula is C24H22N6OS. The van der Waals surface area contributed by atoms with E-state index in [1.54, 1.807) is 12.3 Å². The minimum atomic E-state index is 0.0272. The smallest absolute Gasteiger partial charge is 0.246 e. The number of nitriles is 1. The fraction of sp³-hybridized carbons (Fsp3) is 0.208. The van der Waals surface area contributed by atoms with Crippen LogP contribution in [0.5, 0.6) is 0 Å². The normalized spacial score (nSPS) is 14.9. The van der Waals surface area contributed by atoms with Gasteiger partial charge in [-0.1, -0.05) is 0 Å². The van der Waals surface area contributed by atoms with Gasteiger partial charge in [0.25, 0.3) is 0 Å². The van der Waals surface area contributed by atoms with Crippen LogP contribution in [0.15, 0.2) is 48.8 Å². The lowest BCUT2D eigenvalue weighted by Gasteiger charge is -2.31. The number of carbonyl (C=O) groups is 1. The van der Waals surface area contributed by atoms with Crippen molar-refractivity contribution in [2.75, 3.05) is 38.5 Å². The summed E-state index contributed by atoms with van der Waals surface area (Å²) in [6.07, 6.45) is 6.97. The predicted molar refractivity (Wildman–Crippen MR) is 129 cm³/mol. The maximum absolute atomic E-state index is 12.5. The summed E-state index contributed by atoms with van der Waals surface area (Å²) < 4.78 is 0. The fourth-order valence-electron chi connectivity index (χ4n) is 3.87. The molecule has 160 valence electrons. The second kappa shape index (κ2) is 8.46. The maximum atomic E-state index is 12.5. The quantitative estimate of drug-likeness (QED) is 0.463. The number of hydrogen-bond donors (Lipinski definition) is 2. The molecule has 5 rings (SSSR count). The van der Waals surface area contributed by atoms with Gasteiger partial charge >= 0.3 is 0 Å². The van der Waals surface area contributed by atoms with Gasteiger partial charge in [0.15, 0.2) is 0 Å². The number of rotatable bonds is 4. The van der Waals surface area contributed by atoms with Crippen molar-refractivity contribution in [3.05, 3.63) is 59.2 Å². The average molecular weight is 443 g/mol. The summed E-state index contributed by atoms with van der Waals surface area (Å²) in [6, 6.07) is 12.3. The zero-order valence-corrected chi connectivity index (χ0v) is 18.4. The Kier molecular flexibility index (Phi) is 5.35. The first-order valence-corrected chi connectivity index (χ1v) is 11.2. The minimum absolute atomic E-state index is 0.0272. The van der Waals surface area contributed by atoms with E-state index in [4.69, 9.17) is 0 Å². The van der Waals surface area contributed by atoms with Crippen LogP contribution in [0.2, 0.25) is 0 Å². The number of aromatic nitrogens is 2. The van der Waals surface area contributed by atoms with Crippen LogP contribution in [0.25, 0.3) is 27.2 Å². The topological polar surface area (TPSA) is 88.0 Å². The van der Waals surface area contributed by atoms with Crippen LogP contribution in [0.1, 0.15) is 10.4 Å². The number of piperazine rings is 1. The highest BCUT2D eigenvalue weighted by molar-refractivity contribution is 7.19. The van der Waals surface area contributed by atoms with E-state index in [0.717, 1.165) is 63.6 Å². The highest BCUT2D eigenvalue weighted by Crippen LogP contribution is 2.35. The van der Waals surface area contributed by atoms with Gasteiger partial charge < -0.3 is 20.1 Å². The standard InChI is InChI=1S/C24H22N6OS/c1-29-8-10-30(11-9-29)22(31)5-3-19-13-20-23(17(14-25)15-27-24(20)32-19)28-18-2-4-21-16(12-18)6-7-26-21/h2-7,12-13,15,26H,8-11H2,1H3,(H,27,28)/b5-3+. The Bertz CT molecular complexity index is 1370. The Labute approximate surface area is 189 Å². The van der Waals surface area contributed by atoms with Crippen molar-refractivity contribution in [3.8, 4) is 6.07 Å². The number of benzene rings is 1. The minimum Gasteiger partial charge on any atom is -0.361 e. The molecule has 0 aliphatic carbocycles. The fourth-order valence-corrected chi connectivity index (χ4v) is 4.78. The van der Waals surface area contributed by atoms with Crippen molar-refractivity contribution in [1.82, 2.24) is 19.8 Å². The van der Waals surface area contributed by atoms with Crippen molar-refractivity contribution < 1.29 is 4.79 Å². The molecule has 1 amide bonds. The molecule has 4 heterocycles. The van der Waals surface area contributed by atoms with Crippen LogP contribution in [0.3, 0.4) is 0 Å². The van der Waals surface area contributed by atoms with Crippen molar-refractivity contribution >= 4 is 55.8 Å². The molecule has 1 aliphatic heterocycles. The lowest BCUT2D eigenvalue weighted by molar-refractivity contribution is -0.127. The molecule has 8 heteroatoms. The molecule has 0 bridgehead atoms. The molecule has 0 atom stereocenters. The van der Waals surface area contributed by atoms with Crippen molar-refractivity contribution in [2.24, 2.45) is 0 Å². The summed E-state index contributed by atoms with van der Waals surface area (Å²) in [4.78, 5) is 26.0. The van der Waals surface area contributed by atoms with Crippen LogP contribution in [0.4, 0.5) is 11.4 Å². The third-order valence-corrected chi connectivity index (χ3v) is 6.74. The van der Waals surface area contributed by atoms with Gasteiger partial charge in [0, 0.05) is 71.5 Å². The summed E-state index contributed by atoms with van der Waals surface area (Å²) in [7, 11) is 2.07. The van der Waals surface area contributed by atoms with Crippen LogP contribution >= 0.6 is 11.3 Å². The molecule has 7 nitrogen and oxygen atoms in total. The summed E-state index contributed by atoms with van der Waals surface area (Å²) in [5.74, 6) is 0.0272. The number of likely N-dealkylation sites (N-methyl/N-ethyl adjacent to an activating group) is 1. The van der Waals surface area contributed by atoms with Gasteiger partial charge in [0.05, 0.1) is 11.3 Å². The van der Waals surface area contributed by atoms with E-state index in [2.05, 4.69) is 33.3 Å². The van der Waals surface area contributed by atoms with Crippen molar-refractivity contribution in [2.45, 2.75) is 0 Å². The van der Waals surface area contributed by atoms with E-state index in [9.17, 15) is 10.1 Å². The number of fused-ring (bicyclic) bond motifs is 2. The number of anilines is 2. The number of pyridine rings is 1. The molecule has 0 saturated carbocycles. The highest BCUT2D eigenvalue weighted by atomic mass is 32.1. The van der Waals surface area contributed by atoms with Crippen LogP contribution < -0.4 is 5.32 Å². The van der Waals surface area contributed by atoms with Gasteiger partial charge in [-0.05, 0) is 43.5 Å². The Morgan fingerprint density at radius 3 is 2.91 bits per heavy atom. The number of H-pyrrole nitrogens is 1. The van der Waals surface area contributed by atoms with E-state index in [1.807, 2.05) is 47.5 Å². The van der Waals surface area contributed by atoms with Crippen molar-refractivity contribution in [3.63, 3.8) is 0 Å². The lowest BCUT2D eigenvalue weighted by atomic mass is 10.1. The molecular weight excluding hydrogens is 420 g/mol. The predicted octanol–water partition coefficient (Wildman–Crippen LogP) is 4.18. The molecule has 1 fully saturated rings. The molecule has 1 saturated heterocycles. The number of thiophene rings is 1. The largest absolute Gasteiger partial charge is 0.361 e. The molecule has 32 heavy (non-hydrogen) atoms. The summed E-state index contributed by atoms with van der Waals surface area (Å²) in [5, 5.41) is 15.0. The molecule has 2 N–H and O–H groups in total. The number of hydrogen-bond acceptors (Lipinski definition) is 6. The van der Waals surface area contributed by atoms with Crippen molar-refractivity contribution in [1.29, 1.82) is 5.26 Å². The molecule has 0 spiro atoms. The second-order valence-electron chi connectivity index (χ2n) is 7.89. The maximum Gasteiger partial charge on any atom is 0.246 e. The Balaban J connectivity index is 1.43. The van der Waals surface area contributed by atoms with E-state index in [-0.39, 0.29) is 5.91 Å². The van der Waals surface area contributed by atoms with Gasteiger partial charge in [0.2, 0.25) is 5.91 Å². The van der Waals surface area contributed by atoms with E-state index < -0.39 is 0 Å². The molecule has 1 aromatic carbocycles. The van der Waals surface area contributed by atoms with E-state index >= 15 is 0 Å². The molecule has 3 aromatic heterocycles. The summed E-state index contributed by atoms with van der Waals surface area (Å²) >= 11 is 1.50. The second-order valence-corrected chi connectivity index (χ2v) is 8.96. The van der Waals surface area contributed by atoms with Crippen LogP contribution in [0, 0.1) is 11.3 Å². The molecule has 1 aliphatic rings. The van der Waals surface area contributed by atoms with Gasteiger partial charge in [-0.3, -0.25) is 4.79 Å². The van der Waals surface area contributed by atoms with E-state index in [1.165, 1.54) is 11.3 Å². The lowest BCUT2D eigenvalue weighted by Crippen LogP contribution is -2.46. The summed E-state index contributed by atoms with van der Waals surface area (Å²) in [6.45, 7) is 3.29. The molecule has 0 unspecified atom stereocenters. The van der Waals surface area contributed by atoms with Crippen LogP contribution in [-0.2, 0) is 4.79 Å². The third-order valence-electron chi connectivity index (χ3n) is 5.73.